The molecule has 1 aliphatic heterocycles. The maximum atomic E-state index is 13.6. The van der Waals surface area contributed by atoms with Gasteiger partial charge < -0.3 is 29.5 Å². The van der Waals surface area contributed by atoms with Crippen molar-refractivity contribution in [3.05, 3.63) is 70.1 Å². The minimum Gasteiger partial charge on any atom is -0.504 e. The highest BCUT2D eigenvalue weighted by Gasteiger charge is 2.41. The van der Waals surface area contributed by atoms with Crippen LogP contribution in [0.4, 0.5) is 5.88 Å². The summed E-state index contributed by atoms with van der Waals surface area (Å²) >= 11 is 0. The highest BCUT2D eigenvalue weighted by Crippen LogP contribution is 2.50. The Morgan fingerprint density at radius 1 is 1.00 bits per heavy atom. The van der Waals surface area contributed by atoms with Gasteiger partial charge in [0.15, 0.2) is 28.8 Å². The number of ketones is 1. The molecule has 0 fully saturated rings. The first-order chi connectivity index (χ1) is 15.9. The largest absolute Gasteiger partial charge is 0.504 e. The van der Waals surface area contributed by atoms with Crippen molar-refractivity contribution in [2.75, 3.05) is 19.5 Å². The Kier molecular flexibility index (Phi) is 5.00. The van der Waals surface area contributed by atoms with Crippen molar-refractivity contribution in [2.45, 2.75) is 31.6 Å². The predicted octanol–water partition coefficient (Wildman–Crippen LogP) is 4.37. The number of nitrogens with one attached hydrogen (secondary N) is 1. The van der Waals surface area contributed by atoms with Crippen molar-refractivity contribution in [3.8, 4) is 23.0 Å². The average molecular weight is 448 g/mol. The van der Waals surface area contributed by atoms with Crippen molar-refractivity contribution < 1.29 is 29.0 Å². The number of anilines is 1. The number of fused-ring (bicyclic) bond motifs is 1. The molecule has 8 heteroatoms. The predicted molar refractivity (Wildman–Crippen MR) is 120 cm³/mol. The van der Waals surface area contributed by atoms with Crippen LogP contribution in [0.5, 0.6) is 23.0 Å². The maximum Gasteiger partial charge on any atom is 0.233 e. The highest BCUT2D eigenvalue weighted by molar-refractivity contribution is 6.01. The zero-order valence-corrected chi connectivity index (χ0v) is 18.5. The number of ether oxygens (including phenoxy) is 2. The summed E-state index contributed by atoms with van der Waals surface area (Å²) in [5.74, 6) is 0.798. The van der Waals surface area contributed by atoms with Crippen LogP contribution in [0.25, 0.3) is 0 Å². The van der Waals surface area contributed by atoms with E-state index in [0.29, 0.717) is 41.5 Å². The topological polar surface area (TPSA) is 114 Å². The summed E-state index contributed by atoms with van der Waals surface area (Å²) in [5, 5.41) is 27.7. The molecule has 0 saturated heterocycles. The molecule has 1 aromatic heterocycles. The molecule has 2 aliphatic rings. The van der Waals surface area contributed by atoms with Crippen molar-refractivity contribution in [3.63, 3.8) is 0 Å². The van der Waals surface area contributed by atoms with Crippen LogP contribution in [0, 0.1) is 6.92 Å². The fourth-order valence-electron chi connectivity index (χ4n) is 4.88. The van der Waals surface area contributed by atoms with E-state index in [9.17, 15) is 15.0 Å². The molecule has 0 amide bonds. The maximum absolute atomic E-state index is 13.6. The lowest BCUT2D eigenvalue weighted by molar-refractivity contribution is -0.116. The summed E-state index contributed by atoms with van der Waals surface area (Å²) in [6.07, 6.45) is 0.888. The number of benzene rings is 2. The first-order valence-corrected chi connectivity index (χ1v) is 10.6. The van der Waals surface area contributed by atoms with Crippen LogP contribution in [-0.2, 0) is 4.79 Å². The van der Waals surface area contributed by atoms with Gasteiger partial charge in [-0.2, -0.15) is 0 Å². The number of carbonyl (C=O) groups is 1. The van der Waals surface area contributed by atoms with Crippen LogP contribution < -0.4 is 14.8 Å². The lowest BCUT2D eigenvalue weighted by atomic mass is 9.72. The molecule has 0 radical (unpaired) electrons. The van der Waals surface area contributed by atoms with Crippen molar-refractivity contribution in [1.82, 2.24) is 5.16 Å². The third-order valence-corrected chi connectivity index (χ3v) is 6.47. The fourth-order valence-corrected chi connectivity index (χ4v) is 4.88. The highest BCUT2D eigenvalue weighted by atomic mass is 16.5. The number of phenols is 2. The van der Waals surface area contributed by atoms with Gasteiger partial charge in [0.25, 0.3) is 0 Å². The second-order valence-corrected chi connectivity index (χ2v) is 8.35. The van der Waals surface area contributed by atoms with Crippen LogP contribution in [0.15, 0.2) is 52.2 Å². The minimum atomic E-state index is -0.415. The number of nitrogens with zero attached hydrogens (tertiary/aromatic N) is 1. The van der Waals surface area contributed by atoms with Gasteiger partial charge >= 0.3 is 0 Å². The molecule has 170 valence electrons. The van der Waals surface area contributed by atoms with Crippen LogP contribution in [0.1, 0.15) is 47.1 Å². The molecule has 2 aromatic carbocycles. The van der Waals surface area contributed by atoms with Gasteiger partial charge in [0, 0.05) is 23.6 Å². The number of aromatic nitrogens is 1. The monoisotopic (exact) mass is 448 g/mol. The first-order valence-electron chi connectivity index (χ1n) is 10.6. The fraction of sp³-hybridized carbons (Fsp3) is 0.280. The third kappa shape index (κ3) is 3.38. The van der Waals surface area contributed by atoms with E-state index in [4.69, 9.17) is 14.0 Å². The Labute approximate surface area is 190 Å². The summed E-state index contributed by atoms with van der Waals surface area (Å²) < 4.78 is 16.0. The van der Waals surface area contributed by atoms with Gasteiger partial charge in [-0.1, -0.05) is 17.3 Å². The van der Waals surface area contributed by atoms with E-state index in [-0.39, 0.29) is 23.2 Å². The quantitative estimate of drug-likeness (QED) is 0.539. The molecule has 3 aromatic rings. The lowest BCUT2D eigenvalue weighted by Gasteiger charge is -2.34. The number of Topliss-reactive ketones (excluding diaryl/α,β-unsaturated/α-hetero) is 1. The molecule has 3 N–H and O–H groups in total. The van der Waals surface area contributed by atoms with Gasteiger partial charge in [0.05, 0.1) is 25.5 Å². The average Bonchev–Trinajstić information content (AvgIpc) is 3.18. The van der Waals surface area contributed by atoms with Gasteiger partial charge in [-0.25, -0.2) is 0 Å². The molecule has 2 heterocycles. The molecule has 0 bridgehead atoms. The van der Waals surface area contributed by atoms with Gasteiger partial charge in [0.1, 0.15) is 0 Å². The number of hydrogen-bond donors (Lipinski definition) is 3. The number of aryl methyl sites for hydroxylation is 1. The van der Waals surface area contributed by atoms with Crippen LogP contribution in [0.3, 0.4) is 0 Å². The number of rotatable bonds is 4. The second kappa shape index (κ2) is 7.88. The van der Waals surface area contributed by atoms with Crippen LogP contribution in [-0.4, -0.2) is 35.4 Å². The summed E-state index contributed by atoms with van der Waals surface area (Å²) in [4.78, 5) is 13.6. The Morgan fingerprint density at radius 3 is 2.48 bits per heavy atom. The molecule has 0 saturated carbocycles. The smallest absolute Gasteiger partial charge is 0.233 e. The van der Waals surface area contributed by atoms with Gasteiger partial charge in [-0.05, 0) is 54.7 Å². The van der Waals surface area contributed by atoms with Gasteiger partial charge in [0.2, 0.25) is 5.88 Å². The van der Waals surface area contributed by atoms with E-state index in [2.05, 4.69) is 10.5 Å². The number of carbonyl (C=O) groups excluding carboxylic acids is 1. The number of phenolic OH excluding ortho intramolecular Hbond substituents is 2. The molecule has 2 atom stereocenters. The van der Waals surface area contributed by atoms with E-state index in [1.807, 2.05) is 19.1 Å². The number of allylic oxidation sites excluding steroid dienone is 2. The lowest BCUT2D eigenvalue weighted by Crippen LogP contribution is -2.29. The first kappa shape index (κ1) is 20.9. The van der Waals surface area contributed by atoms with E-state index >= 15 is 0 Å². The molecule has 1 aliphatic carbocycles. The molecule has 33 heavy (non-hydrogen) atoms. The SMILES string of the molecule is COc1ccc(C2C3=C(CC(c4ccc(O)c(OC)c4)CC3=O)Nc3onc(C)c32)cc1O. The Morgan fingerprint density at radius 2 is 1.76 bits per heavy atom. The van der Waals surface area contributed by atoms with Gasteiger partial charge in [-0.3, -0.25) is 4.79 Å². The molecular weight excluding hydrogens is 424 g/mol. The summed E-state index contributed by atoms with van der Waals surface area (Å²) in [6.45, 7) is 1.84. The molecule has 5 rings (SSSR count). The zero-order chi connectivity index (χ0) is 23.3. The summed E-state index contributed by atoms with van der Waals surface area (Å²) in [6, 6.07) is 10.3. The molecule has 8 nitrogen and oxygen atoms in total. The third-order valence-electron chi connectivity index (χ3n) is 6.47. The van der Waals surface area contributed by atoms with Crippen LogP contribution in [0.2, 0.25) is 0 Å². The second-order valence-electron chi connectivity index (χ2n) is 8.35. The standard InChI is InChI=1S/C25H24N2O6/c1-12-22-23(14-5-7-20(31-2)18(29)9-14)24-16(26-25(22)33-27-12)8-15(10-19(24)30)13-4-6-17(28)21(11-13)32-3/h4-7,9,11,15,23,26,28-29H,8,10H2,1-3H3. The number of methoxy groups -OCH3 is 2. The van der Waals surface area contributed by atoms with Crippen molar-refractivity contribution in [1.29, 1.82) is 0 Å². The van der Waals surface area contributed by atoms with E-state index in [1.165, 1.54) is 14.2 Å². The van der Waals surface area contributed by atoms with E-state index < -0.39 is 5.92 Å². The number of aromatic hydroxyl groups is 2. The Hall–Kier alpha value is -3.94. The molecular formula is C25H24N2O6. The Bertz CT molecular complexity index is 1290. The zero-order valence-electron chi connectivity index (χ0n) is 18.5. The minimum absolute atomic E-state index is 0.00339. The summed E-state index contributed by atoms with van der Waals surface area (Å²) in [7, 11) is 2.99. The number of hydrogen-bond acceptors (Lipinski definition) is 8. The van der Waals surface area contributed by atoms with Crippen molar-refractivity contribution in [2.24, 2.45) is 0 Å². The Balaban J connectivity index is 1.60. The van der Waals surface area contributed by atoms with Crippen molar-refractivity contribution >= 4 is 11.7 Å². The van der Waals surface area contributed by atoms with E-state index in [0.717, 1.165) is 22.4 Å². The molecule has 0 spiro atoms. The van der Waals surface area contributed by atoms with E-state index in [1.54, 1.807) is 24.3 Å². The van der Waals surface area contributed by atoms with Crippen LogP contribution >= 0.6 is 0 Å². The molecule has 2 unspecified atom stereocenters. The van der Waals surface area contributed by atoms with Gasteiger partial charge in [-0.15, -0.1) is 0 Å². The normalized spacial score (nSPS) is 19.5. The summed E-state index contributed by atoms with van der Waals surface area (Å²) in [5.41, 5.74) is 4.56.